The summed E-state index contributed by atoms with van der Waals surface area (Å²) in [6.07, 6.45) is 0.0469. The second kappa shape index (κ2) is 13.4. The lowest BCUT2D eigenvalue weighted by Gasteiger charge is -2.25. The van der Waals surface area contributed by atoms with Crippen LogP contribution in [0.15, 0.2) is 73.1 Å². The van der Waals surface area contributed by atoms with Crippen molar-refractivity contribution in [3.05, 3.63) is 90.3 Å². The first-order valence-electron chi connectivity index (χ1n) is 14.3. The number of aliphatic hydroxyl groups excluding tert-OH is 1. The second-order valence-corrected chi connectivity index (χ2v) is 10.3. The van der Waals surface area contributed by atoms with Crippen LogP contribution in [0.3, 0.4) is 0 Å². The highest BCUT2D eigenvalue weighted by Crippen LogP contribution is 2.40. The normalized spacial score (nSPS) is 11.6. The molecule has 0 fully saturated rings. The Morgan fingerprint density at radius 1 is 0.978 bits per heavy atom. The first-order valence-corrected chi connectivity index (χ1v) is 14.3. The molecular weight excluding hydrogens is 593 g/mol. The lowest BCUT2D eigenvalue weighted by Crippen LogP contribution is -2.28. The van der Waals surface area contributed by atoms with Gasteiger partial charge >= 0.3 is 6.36 Å². The van der Waals surface area contributed by atoms with E-state index in [0.717, 1.165) is 25.0 Å². The van der Waals surface area contributed by atoms with E-state index < -0.39 is 18.0 Å². The lowest BCUT2D eigenvalue weighted by atomic mass is 10.0. The zero-order valence-corrected chi connectivity index (χ0v) is 24.5. The van der Waals surface area contributed by atoms with Crippen LogP contribution in [0.5, 0.6) is 5.75 Å². The van der Waals surface area contributed by atoms with Crippen molar-refractivity contribution in [1.82, 2.24) is 15.0 Å². The number of nitrogens with one attached hydrogen (secondary N) is 1. The smallest absolute Gasteiger partial charge is 0.406 e. The molecule has 12 heteroatoms. The molecule has 0 aliphatic rings. The average molecular weight is 624 g/mol. The first-order chi connectivity index (χ1) is 21.6. The van der Waals surface area contributed by atoms with Gasteiger partial charge in [0.25, 0.3) is 0 Å². The molecule has 5 rings (SSSR count). The largest absolute Gasteiger partial charge is 0.573 e. The van der Waals surface area contributed by atoms with Gasteiger partial charge in [-0.05, 0) is 43.2 Å². The van der Waals surface area contributed by atoms with E-state index in [1.54, 1.807) is 43.6 Å². The Morgan fingerprint density at radius 2 is 1.76 bits per heavy atom. The van der Waals surface area contributed by atoms with Crippen molar-refractivity contribution < 1.29 is 31.8 Å². The number of anilines is 3. The zero-order valence-electron chi connectivity index (χ0n) is 24.5. The number of halogens is 5. The summed E-state index contributed by atoms with van der Waals surface area (Å²) in [5.41, 5.74) is 3.23. The molecule has 0 bridgehead atoms. The van der Waals surface area contributed by atoms with E-state index in [9.17, 15) is 22.7 Å². The minimum Gasteiger partial charge on any atom is -0.406 e. The monoisotopic (exact) mass is 623 g/mol. The number of pyridine rings is 3. The maximum atomic E-state index is 15.5. The summed E-state index contributed by atoms with van der Waals surface area (Å²) in [5, 5.41) is 13.1. The van der Waals surface area contributed by atoms with Crippen LogP contribution in [0, 0.1) is 18.6 Å². The molecule has 2 N–H and O–H groups in total. The minimum atomic E-state index is -4.85. The van der Waals surface area contributed by atoms with E-state index in [2.05, 4.69) is 25.0 Å². The number of rotatable bonds is 11. The number of hydrogen-bond acceptors (Lipinski definition) is 7. The van der Waals surface area contributed by atoms with Gasteiger partial charge in [0, 0.05) is 54.8 Å². The molecule has 45 heavy (non-hydrogen) atoms. The molecule has 0 aliphatic heterocycles. The highest BCUT2D eigenvalue weighted by atomic mass is 19.4. The van der Waals surface area contributed by atoms with Crippen molar-refractivity contribution in [3.63, 3.8) is 0 Å². The highest BCUT2D eigenvalue weighted by molar-refractivity contribution is 5.99. The van der Waals surface area contributed by atoms with Gasteiger partial charge in [-0.3, -0.25) is 4.98 Å². The third-order valence-corrected chi connectivity index (χ3v) is 7.18. The van der Waals surface area contributed by atoms with E-state index in [1.807, 2.05) is 11.8 Å². The summed E-state index contributed by atoms with van der Waals surface area (Å²) in [5.74, 6) is -1.49. The van der Waals surface area contributed by atoms with Gasteiger partial charge in [0.1, 0.15) is 23.2 Å². The molecule has 0 unspecified atom stereocenters. The molecule has 5 aromatic rings. The quantitative estimate of drug-likeness (QED) is 0.144. The Balaban J connectivity index is 1.70. The van der Waals surface area contributed by atoms with Gasteiger partial charge in [-0.25, -0.2) is 18.7 Å². The SMILES string of the molecule is CCCCN(CCO)c1cc(Nc2c(C)c(-c3ccccn3)nc3cc(F)cc(F)c23)c(-c2ccc(OC(F)(F)F)cc2)cn1. The van der Waals surface area contributed by atoms with Gasteiger partial charge in [0.15, 0.2) is 0 Å². The van der Waals surface area contributed by atoms with Crippen molar-refractivity contribution in [3.8, 4) is 28.3 Å². The van der Waals surface area contributed by atoms with Gasteiger partial charge in [0.2, 0.25) is 0 Å². The Kier molecular flexibility index (Phi) is 9.43. The maximum absolute atomic E-state index is 15.5. The molecule has 0 saturated carbocycles. The fraction of sp³-hybridized carbons (Fsp3) is 0.242. The molecule has 0 atom stereocenters. The third-order valence-electron chi connectivity index (χ3n) is 7.18. The summed E-state index contributed by atoms with van der Waals surface area (Å²) in [6.45, 7) is 4.59. The van der Waals surface area contributed by atoms with E-state index >= 15 is 4.39 Å². The van der Waals surface area contributed by atoms with Crippen molar-refractivity contribution in [2.45, 2.75) is 33.1 Å². The molecule has 0 radical (unpaired) electrons. The van der Waals surface area contributed by atoms with Gasteiger partial charge < -0.3 is 20.1 Å². The number of unbranched alkanes of at least 4 members (excludes halogenated alkanes) is 1. The summed E-state index contributed by atoms with van der Waals surface area (Å²) in [4.78, 5) is 15.5. The van der Waals surface area contributed by atoms with Crippen LogP contribution in [0.25, 0.3) is 33.4 Å². The van der Waals surface area contributed by atoms with E-state index in [1.165, 1.54) is 24.3 Å². The number of ether oxygens (including phenoxy) is 1. The second-order valence-electron chi connectivity index (χ2n) is 10.3. The fourth-order valence-electron chi connectivity index (χ4n) is 5.05. The number of hydrogen-bond donors (Lipinski definition) is 2. The maximum Gasteiger partial charge on any atom is 0.573 e. The van der Waals surface area contributed by atoms with Crippen LogP contribution < -0.4 is 15.0 Å². The number of alkyl halides is 3. The van der Waals surface area contributed by atoms with E-state index in [0.29, 0.717) is 58.4 Å². The molecule has 7 nitrogen and oxygen atoms in total. The molecule has 0 spiro atoms. The molecule has 3 aromatic heterocycles. The predicted molar refractivity (Wildman–Crippen MR) is 163 cm³/mol. The summed E-state index contributed by atoms with van der Waals surface area (Å²) in [7, 11) is 0. The summed E-state index contributed by atoms with van der Waals surface area (Å²) >= 11 is 0. The molecule has 3 heterocycles. The van der Waals surface area contributed by atoms with Gasteiger partial charge in [-0.2, -0.15) is 0 Å². The molecule has 2 aromatic carbocycles. The lowest BCUT2D eigenvalue weighted by molar-refractivity contribution is -0.274. The molecule has 0 amide bonds. The summed E-state index contributed by atoms with van der Waals surface area (Å²) in [6, 6.07) is 14.2. The van der Waals surface area contributed by atoms with Crippen LogP contribution in [0.2, 0.25) is 0 Å². The Morgan fingerprint density at radius 3 is 2.42 bits per heavy atom. The van der Waals surface area contributed by atoms with Gasteiger partial charge in [-0.15, -0.1) is 13.2 Å². The highest BCUT2D eigenvalue weighted by Gasteiger charge is 2.31. The minimum absolute atomic E-state index is 0.0463. The summed E-state index contributed by atoms with van der Waals surface area (Å²) < 4.78 is 72.3. The van der Waals surface area contributed by atoms with E-state index in [4.69, 9.17) is 0 Å². The van der Waals surface area contributed by atoms with Crippen LogP contribution in [0.1, 0.15) is 25.3 Å². The Hall–Kier alpha value is -4.84. The van der Waals surface area contributed by atoms with Crippen LogP contribution in [-0.4, -0.2) is 46.1 Å². The Bertz CT molecular complexity index is 1780. The molecule has 0 saturated heterocycles. The number of aromatic nitrogens is 3. The fourth-order valence-corrected chi connectivity index (χ4v) is 5.05. The van der Waals surface area contributed by atoms with Crippen molar-refractivity contribution >= 4 is 28.1 Å². The number of benzene rings is 2. The number of nitrogens with zero attached hydrogens (tertiary/aromatic N) is 4. The van der Waals surface area contributed by atoms with Crippen LogP contribution in [0.4, 0.5) is 39.1 Å². The third kappa shape index (κ3) is 7.28. The topological polar surface area (TPSA) is 83.4 Å². The number of fused-ring (bicyclic) bond motifs is 1. The predicted octanol–water partition coefficient (Wildman–Crippen LogP) is 8.19. The van der Waals surface area contributed by atoms with Crippen LogP contribution >= 0.6 is 0 Å². The van der Waals surface area contributed by atoms with Crippen molar-refractivity contribution in [2.24, 2.45) is 0 Å². The Labute approximate surface area is 256 Å². The molecule has 0 aliphatic carbocycles. The standard InChI is InChI=1S/C33H30F5N5O2/c1-3-4-13-43(14-15-44)29-18-27(24(19-40-29)21-8-10-23(11-9-21)45-33(36,37)38)41-32-20(2)31(26-7-5-6-12-39-26)42-28-17-22(34)16-25(35)30(28)32/h5-12,16-19,44H,3-4,13-15H2,1-2H3,(H,40,41,42). The zero-order chi connectivity index (χ0) is 32.1. The van der Waals surface area contributed by atoms with Crippen LogP contribution in [-0.2, 0) is 0 Å². The average Bonchev–Trinajstić information content (AvgIpc) is 3.00. The van der Waals surface area contributed by atoms with Gasteiger partial charge in [0.05, 0.1) is 40.3 Å². The molecular formula is C33H30F5N5O2. The van der Waals surface area contributed by atoms with Crippen molar-refractivity contribution in [2.75, 3.05) is 29.9 Å². The van der Waals surface area contributed by atoms with E-state index in [-0.39, 0.29) is 23.3 Å². The van der Waals surface area contributed by atoms with Gasteiger partial charge in [-0.1, -0.05) is 31.5 Å². The molecule has 234 valence electrons. The first kappa shape index (κ1) is 31.6. The van der Waals surface area contributed by atoms with Crippen molar-refractivity contribution in [1.29, 1.82) is 0 Å². The number of aliphatic hydroxyl groups is 1.